The van der Waals surface area contributed by atoms with E-state index in [9.17, 15) is 0 Å². The molecule has 0 amide bonds. The minimum atomic E-state index is -0.309. The van der Waals surface area contributed by atoms with Gasteiger partial charge < -0.3 is 0 Å². The van der Waals surface area contributed by atoms with E-state index in [2.05, 4.69) is 11.1 Å². The number of pyridine rings is 1. The summed E-state index contributed by atoms with van der Waals surface area (Å²) in [6.45, 7) is 0. The number of fused-ring (bicyclic) bond motifs is 3. The number of halogens is 3. The van der Waals surface area contributed by atoms with E-state index in [1.807, 2.05) is 12.3 Å². The number of aromatic nitrogens is 1. The summed E-state index contributed by atoms with van der Waals surface area (Å²) in [6, 6.07) is 4.16. The van der Waals surface area contributed by atoms with Crippen LogP contribution in [0.4, 0.5) is 0 Å². The fourth-order valence-electron chi connectivity index (χ4n) is 4.04. The van der Waals surface area contributed by atoms with Crippen LogP contribution in [0.5, 0.6) is 0 Å². The molecule has 0 aliphatic heterocycles. The molecule has 3 aliphatic carbocycles. The van der Waals surface area contributed by atoms with Crippen molar-refractivity contribution in [2.45, 2.75) is 28.5 Å². The molecule has 0 saturated heterocycles. The molecule has 2 fully saturated rings. The summed E-state index contributed by atoms with van der Waals surface area (Å²) >= 11 is 19.1. The molecule has 84 valence electrons. The third-order valence-electron chi connectivity index (χ3n) is 4.79. The number of nitrogens with zero attached hydrogens (tertiary/aromatic N) is 1. The second-order valence-electron chi connectivity index (χ2n) is 5.15. The van der Waals surface area contributed by atoms with Gasteiger partial charge in [-0.2, -0.15) is 0 Å². The Labute approximate surface area is 109 Å². The van der Waals surface area contributed by atoms with Crippen LogP contribution in [0.2, 0.25) is 0 Å². The van der Waals surface area contributed by atoms with Crippen LogP contribution in [0.3, 0.4) is 0 Å². The molecular weight excluding hydrogens is 264 g/mol. The van der Waals surface area contributed by atoms with Crippen molar-refractivity contribution in [1.82, 2.24) is 4.98 Å². The van der Waals surface area contributed by atoms with Gasteiger partial charge in [0.25, 0.3) is 0 Å². The van der Waals surface area contributed by atoms with Crippen LogP contribution in [0, 0.1) is 5.41 Å². The van der Waals surface area contributed by atoms with Gasteiger partial charge in [-0.15, -0.1) is 34.8 Å². The van der Waals surface area contributed by atoms with Crippen molar-refractivity contribution in [3.63, 3.8) is 0 Å². The maximum absolute atomic E-state index is 6.62. The Balaban J connectivity index is 1.89. The molecule has 1 nitrogen and oxygen atoms in total. The Bertz CT molecular complexity index is 487. The molecule has 0 radical (unpaired) electrons. The fraction of sp³-hybridized carbons (Fsp3) is 0.583. The summed E-state index contributed by atoms with van der Waals surface area (Å²) in [4.78, 5) is 4.17. The van der Waals surface area contributed by atoms with E-state index in [1.165, 1.54) is 11.3 Å². The van der Waals surface area contributed by atoms with Crippen LogP contribution in [0.25, 0.3) is 0 Å². The highest BCUT2D eigenvalue weighted by molar-refractivity contribution is 6.35. The van der Waals surface area contributed by atoms with Crippen molar-refractivity contribution in [2.75, 3.05) is 5.88 Å². The van der Waals surface area contributed by atoms with E-state index in [0.717, 1.165) is 6.42 Å². The lowest BCUT2D eigenvalue weighted by Gasteiger charge is -2.50. The van der Waals surface area contributed by atoms with E-state index >= 15 is 0 Å². The second kappa shape index (κ2) is 2.71. The number of rotatable bonds is 1. The van der Waals surface area contributed by atoms with Crippen molar-refractivity contribution < 1.29 is 0 Å². The normalized spacial score (nSPS) is 51.3. The van der Waals surface area contributed by atoms with Crippen molar-refractivity contribution in [2.24, 2.45) is 5.41 Å². The van der Waals surface area contributed by atoms with Crippen LogP contribution >= 0.6 is 34.8 Å². The van der Waals surface area contributed by atoms with Gasteiger partial charge in [0.1, 0.15) is 0 Å². The zero-order valence-electron chi connectivity index (χ0n) is 8.46. The molecule has 2 saturated carbocycles. The fourth-order valence-corrected chi connectivity index (χ4v) is 5.70. The van der Waals surface area contributed by atoms with Gasteiger partial charge in [-0.25, -0.2) is 0 Å². The highest BCUT2D eigenvalue weighted by Gasteiger charge is 2.86. The molecule has 5 atom stereocenters. The molecule has 0 unspecified atom stereocenters. The molecule has 1 spiro atoms. The number of hydrogen-bond donors (Lipinski definition) is 0. The maximum atomic E-state index is 6.62. The van der Waals surface area contributed by atoms with Gasteiger partial charge in [0, 0.05) is 29.1 Å². The average Bonchev–Trinajstić information content (AvgIpc) is 2.86. The molecule has 1 heterocycles. The van der Waals surface area contributed by atoms with Gasteiger partial charge in [0.05, 0.1) is 10.3 Å². The lowest BCUT2D eigenvalue weighted by Crippen LogP contribution is -2.52. The van der Waals surface area contributed by atoms with Gasteiger partial charge in [0.15, 0.2) is 0 Å². The Morgan fingerprint density at radius 2 is 2.31 bits per heavy atom. The Morgan fingerprint density at radius 3 is 3.06 bits per heavy atom. The van der Waals surface area contributed by atoms with Gasteiger partial charge in [-0.1, -0.05) is 6.07 Å². The largest absolute Gasteiger partial charge is 0.261 e. The van der Waals surface area contributed by atoms with E-state index < -0.39 is 0 Å². The minimum Gasteiger partial charge on any atom is -0.261 e. The third-order valence-corrected chi connectivity index (χ3v) is 6.61. The van der Waals surface area contributed by atoms with Crippen molar-refractivity contribution in [1.29, 1.82) is 0 Å². The van der Waals surface area contributed by atoms with Gasteiger partial charge in [0.2, 0.25) is 0 Å². The molecule has 0 N–H and O–H groups in total. The summed E-state index contributed by atoms with van der Waals surface area (Å²) in [7, 11) is 0. The summed E-state index contributed by atoms with van der Waals surface area (Å²) in [5, 5.41) is 0.130. The Hall–Kier alpha value is 0.0200. The van der Waals surface area contributed by atoms with Gasteiger partial charge in [-0.05, 0) is 24.0 Å². The first-order valence-electron chi connectivity index (χ1n) is 5.50. The highest BCUT2D eigenvalue weighted by Crippen LogP contribution is 2.87. The molecule has 0 bridgehead atoms. The molecule has 0 aromatic carbocycles. The van der Waals surface area contributed by atoms with E-state index in [4.69, 9.17) is 34.8 Å². The maximum Gasteiger partial charge on any atom is 0.0670 e. The summed E-state index contributed by atoms with van der Waals surface area (Å²) in [5.41, 5.74) is 2.53. The molecular formula is C12H10Cl3N. The van der Waals surface area contributed by atoms with Crippen LogP contribution in [0.1, 0.15) is 29.5 Å². The van der Waals surface area contributed by atoms with Gasteiger partial charge in [-0.3, -0.25) is 4.98 Å². The highest BCUT2D eigenvalue weighted by atomic mass is 35.5. The lowest BCUT2D eigenvalue weighted by atomic mass is 9.61. The van der Waals surface area contributed by atoms with Crippen molar-refractivity contribution in [3.05, 3.63) is 29.6 Å². The number of alkyl halides is 3. The lowest BCUT2D eigenvalue weighted by molar-refractivity contribution is 0.161. The first kappa shape index (κ1) is 9.99. The molecule has 4 heteroatoms. The first-order chi connectivity index (χ1) is 7.67. The van der Waals surface area contributed by atoms with Crippen LogP contribution in [-0.4, -0.2) is 21.1 Å². The Morgan fingerprint density at radius 1 is 1.50 bits per heavy atom. The van der Waals surface area contributed by atoms with Crippen molar-refractivity contribution >= 4 is 34.8 Å². The Kier molecular flexibility index (Phi) is 1.69. The molecule has 16 heavy (non-hydrogen) atoms. The molecule has 1 aromatic rings. The van der Waals surface area contributed by atoms with Crippen LogP contribution in [-0.2, 0) is 0 Å². The monoisotopic (exact) mass is 273 g/mol. The smallest absolute Gasteiger partial charge is 0.0670 e. The minimum absolute atomic E-state index is 0.00848. The predicted octanol–water partition coefficient (Wildman–Crippen LogP) is 3.49. The summed E-state index contributed by atoms with van der Waals surface area (Å²) in [6.07, 6.45) is 2.78. The SMILES string of the molecule is ClC[C@]1(Cl)C[C@@H]2c3cccnc3[C@H]3[C@@H](Cl)[C@@]231. The molecule has 4 rings (SSSR count). The quantitative estimate of drug-likeness (QED) is 0.714. The summed E-state index contributed by atoms with van der Waals surface area (Å²) in [5.74, 6) is 1.30. The van der Waals surface area contributed by atoms with E-state index in [-0.39, 0.29) is 15.7 Å². The van der Waals surface area contributed by atoms with E-state index in [0.29, 0.717) is 17.7 Å². The van der Waals surface area contributed by atoms with E-state index in [1.54, 1.807) is 0 Å². The zero-order chi connectivity index (χ0) is 11.1. The van der Waals surface area contributed by atoms with Crippen LogP contribution < -0.4 is 0 Å². The second-order valence-corrected chi connectivity index (χ2v) is 6.61. The van der Waals surface area contributed by atoms with Crippen LogP contribution in [0.15, 0.2) is 18.3 Å². The van der Waals surface area contributed by atoms with Crippen molar-refractivity contribution in [3.8, 4) is 0 Å². The standard InChI is InChI=1S/C12H10Cl3N/c13-5-11(15)4-7-6-2-1-3-16-9(6)8-10(14)12(7,8)11/h1-3,7-8,10H,4-5H2/t7-,8+,10-,11-,12-/m1/s1. The molecule has 3 aliphatic rings. The predicted molar refractivity (Wildman–Crippen MR) is 65.7 cm³/mol. The zero-order valence-corrected chi connectivity index (χ0v) is 10.7. The topological polar surface area (TPSA) is 12.9 Å². The van der Waals surface area contributed by atoms with Gasteiger partial charge >= 0.3 is 0 Å². The summed E-state index contributed by atoms with van der Waals surface area (Å²) < 4.78 is 0. The average molecular weight is 275 g/mol. The first-order valence-corrected chi connectivity index (χ1v) is 6.85. The molecule has 1 aromatic heterocycles. The number of hydrogen-bond acceptors (Lipinski definition) is 1. The third kappa shape index (κ3) is 0.757.